The smallest absolute Gasteiger partial charge is 0.410 e. The van der Waals surface area contributed by atoms with E-state index in [1.165, 1.54) is 0 Å². The van der Waals surface area contributed by atoms with Crippen molar-refractivity contribution in [3.63, 3.8) is 0 Å². The highest BCUT2D eigenvalue weighted by Gasteiger charge is 2.44. The van der Waals surface area contributed by atoms with Gasteiger partial charge in [0.1, 0.15) is 11.4 Å². The van der Waals surface area contributed by atoms with Gasteiger partial charge in [0.05, 0.1) is 25.3 Å². The Bertz CT molecular complexity index is 417. The number of fused-ring (bicyclic) bond motifs is 2. The predicted octanol–water partition coefficient (Wildman–Crippen LogP) is 2.40. The van der Waals surface area contributed by atoms with Crippen molar-refractivity contribution in [1.29, 1.82) is 0 Å². The summed E-state index contributed by atoms with van der Waals surface area (Å²) in [6.45, 7) is 7.17. The molecule has 1 amide bonds. The minimum atomic E-state index is -0.515. The third-order valence-electron chi connectivity index (χ3n) is 4.35. The molecule has 0 aromatic carbocycles. The van der Waals surface area contributed by atoms with Crippen molar-refractivity contribution in [3.8, 4) is 0 Å². The number of hydrogen-bond acceptors (Lipinski definition) is 5. The molecule has 2 heterocycles. The SMILES string of the molecule is COCCCC(=O)C1CC2COCC(C1)N2C(=O)OC(C)(C)C. The molecule has 23 heavy (non-hydrogen) atoms. The van der Waals surface area contributed by atoms with Crippen LogP contribution in [0.2, 0.25) is 0 Å². The summed E-state index contributed by atoms with van der Waals surface area (Å²) in [7, 11) is 1.64. The lowest BCUT2D eigenvalue weighted by molar-refractivity contribution is -0.132. The van der Waals surface area contributed by atoms with Crippen LogP contribution in [-0.4, -0.2) is 61.4 Å². The second-order valence-electron chi connectivity index (χ2n) is 7.46. The Hall–Kier alpha value is -1.14. The summed E-state index contributed by atoms with van der Waals surface area (Å²) in [5, 5.41) is 0. The van der Waals surface area contributed by atoms with Crippen molar-refractivity contribution in [2.45, 2.75) is 64.1 Å². The molecular formula is C17H29NO5. The quantitative estimate of drug-likeness (QED) is 0.726. The summed E-state index contributed by atoms with van der Waals surface area (Å²) in [6, 6.07) is -0.123. The molecule has 2 atom stereocenters. The molecular weight excluding hydrogens is 298 g/mol. The zero-order valence-electron chi connectivity index (χ0n) is 14.7. The third-order valence-corrected chi connectivity index (χ3v) is 4.35. The number of hydrogen-bond donors (Lipinski definition) is 0. The number of methoxy groups -OCH3 is 1. The molecule has 2 bridgehead atoms. The highest BCUT2D eigenvalue weighted by molar-refractivity contribution is 5.81. The van der Waals surface area contributed by atoms with Crippen LogP contribution < -0.4 is 0 Å². The van der Waals surface area contributed by atoms with Gasteiger partial charge in [0.15, 0.2) is 0 Å². The highest BCUT2D eigenvalue weighted by Crippen LogP contribution is 2.34. The first-order valence-corrected chi connectivity index (χ1v) is 8.42. The number of carbonyl (C=O) groups is 2. The molecule has 2 fully saturated rings. The number of nitrogens with zero attached hydrogens (tertiary/aromatic N) is 1. The highest BCUT2D eigenvalue weighted by atomic mass is 16.6. The zero-order chi connectivity index (χ0) is 17.0. The fraction of sp³-hybridized carbons (Fsp3) is 0.882. The lowest BCUT2D eigenvalue weighted by Gasteiger charge is -2.47. The number of amides is 1. The molecule has 0 aromatic rings. The normalized spacial score (nSPS) is 27.7. The van der Waals surface area contributed by atoms with Crippen molar-refractivity contribution in [3.05, 3.63) is 0 Å². The molecule has 2 aliphatic heterocycles. The summed E-state index contributed by atoms with van der Waals surface area (Å²) < 4.78 is 16.1. The average molecular weight is 327 g/mol. The maximum Gasteiger partial charge on any atom is 0.410 e. The lowest BCUT2D eigenvalue weighted by atomic mass is 9.81. The molecule has 2 aliphatic rings. The van der Waals surface area contributed by atoms with Crippen LogP contribution in [0.4, 0.5) is 4.79 Å². The summed E-state index contributed by atoms with van der Waals surface area (Å²) in [6.07, 6.45) is 2.35. The van der Waals surface area contributed by atoms with Crippen LogP contribution >= 0.6 is 0 Å². The number of rotatable bonds is 5. The lowest BCUT2D eigenvalue weighted by Crippen LogP contribution is -2.60. The standard InChI is InChI=1S/C17H29NO5/c1-17(2,3)23-16(20)18-13-8-12(9-14(18)11-22-10-13)15(19)6-5-7-21-4/h12-14H,5-11H2,1-4H3. The Kier molecular flexibility index (Phi) is 6.03. The van der Waals surface area contributed by atoms with Gasteiger partial charge in [-0.2, -0.15) is 0 Å². The zero-order valence-corrected chi connectivity index (χ0v) is 14.7. The Morgan fingerprint density at radius 3 is 2.30 bits per heavy atom. The summed E-state index contributed by atoms with van der Waals surface area (Å²) >= 11 is 0. The van der Waals surface area contributed by atoms with E-state index in [1.807, 2.05) is 20.8 Å². The Morgan fingerprint density at radius 2 is 1.78 bits per heavy atom. The maximum atomic E-state index is 12.5. The fourth-order valence-corrected chi connectivity index (χ4v) is 3.39. The van der Waals surface area contributed by atoms with Crippen LogP contribution in [0.25, 0.3) is 0 Å². The van der Waals surface area contributed by atoms with Crippen LogP contribution in [0.1, 0.15) is 46.5 Å². The van der Waals surface area contributed by atoms with Gasteiger partial charge in [-0.25, -0.2) is 4.79 Å². The second kappa shape index (κ2) is 7.62. The van der Waals surface area contributed by atoms with Gasteiger partial charge in [0.2, 0.25) is 0 Å². The van der Waals surface area contributed by atoms with Crippen LogP contribution in [0.5, 0.6) is 0 Å². The molecule has 0 aliphatic carbocycles. The van der Waals surface area contributed by atoms with Gasteiger partial charge in [-0.15, -0.1) is 0 Å². The van der Waals surface area contributed by atoms with Gasteiger partial charge in [0, 0.05) is 26.1 Å². The van der Waals surface area contributed by atoms with Crippen molar-refractivity contribution in [2.75, 3.05) is 26.9 Å². The number of ether oxygens (including phenoxy) is 3. The van der Waals surface area contributed by atoms with Gasteiger partial charge in [-0.3, -0.25) is 9.69 Å². The van der Waals surface area contributed by atoms with E-state index in [0.717, 1.165) is 6.42 Å². The molecule has 2 unspecified atom stereocenters. The van der Waals surface area contributed by atoms with Crippen LogP contribution in [-0.2, 0) is 19.0 Å². The van der Waals surface area contributed by atoms with E-state index in [-0.39, 0.29) is 29.9 Å². The van der Waals surface area contributed by atoms with E-state index in [4.69, 9.17) is 14.2 Å². The van der Waals surface area contributed by atoms with Crippen LogP contribution in [0.15, 0.2) is 0 Å². The predicted molar refractivity (Wildman–Crippen MR) is 85.3 cm³/mol. The first-order valence-electron chi connectivity index (χ1n) is 8.42. The molecule has 0 spiro atoms. The molecule has 6 heteroatoms. The largest absolute Gasteiger partial charge is 0.444 e. The third kappa shape index (κ3) is 4.91. The minimum Gasteiger partial charge on any atom is -0.444 e. The summed E-state index contributed by atoms with van der Waals surface area (Å²) in [5.41, 5.74) is -0.515. The van der Waals surface area contributed by atoms with E-state index in [2.05, 4.69) is 0 Å². The Labute approximate surface area is 138 Å². The van der Waals surface area contributed by atoms with E-state index in [1.54, 1.807) is 12.0 Å². The molecule has 0 aromatic heterocycles. The van der Waals surface area contributed by atoms with E-state index in [0.29, 0.717) is 39.1 Å². The topological polar surface area (TPSA) is 65.1 Å². The van der Waals surface area contributed by atoms with Gasteiger partial charge in [-0.1, -0.05) is 0 Å². The molecule has 0 N–H and O–H groups in total. The van der Waals surface area contributed by atoms with Gasteiger partial charge >= 0.3 is 6.09 Å². The fourth-order valence-electron chi connectivity index (χ4n) is 3.39. The number of morpholine rings is 1. The van der Waals surface area contributed by atoms with Crippen molar-refractivity contribution in [1.82, 2.24) is 4.90 Å². The monoisotopic (exact) mass is 327 g/mol. The second-order valence-corrected chi connectivity index (χ2v) is 7.46. The number of Topliss-reactive ketones (excluding diaryl/α,β-unsaturated/α-hetero) is 1. The van der Waals surface area contributed by atoms with E-state index in [9.17, 15) is 9.59 Å². The van der Waals surface area contributed by atoms with E-state index < -0.39 is 5.60 Å². The summed E-state index contributed by atoms with van der Waals surface area (Å²) in [4.78, 5) is 26.6. The maximum absolute atomic E-state index is 12.5. The van der Waals surface area contributed by atoms with Crippen molar-refractivity contribution < 1.29 is 23.8 Å². The average Bonchev–Trinajstić information content (AvgIpc) is 2.44. The van der Waals surface area contributed by atoms with Crippen LogP contribution in [0, 0.1) is 5.92 Å². The molecule has 2 rings (SSSR count). The first-order chi connectivity index (χ1) is 10.8. The molecule has 0 saturated carbocycles. The Balaban J connectivity index is 1.97. The van der Waals surface area contributed by atoms with Crippen LogP contribution in [0.3, 0.4) is 0 Å². The molecule has 6 nitrogen and oxygen atoms in total. The van der Waals surface area contributed by atoms with Gasteiger partial charge in [0.25, 0.3) is 0 Å². The number of carbonyl (C=O) groups excluding carboxylic acids is 2. The first kappa shape index (κ1) is 18.2. The van der Waals surface area contributed by atoms with Crippen molar-refractivity contribution in [2.24, 2.45) is 5.92 Å². The summed E-state index contributed by atoms with van der Waals surface area (Å²) in [5.74, 6) is 0.298. The Morgan fingerprint density at radius 1 is 1.17 bits per heavy atom. The number of piperidine rings is 1. The van der Waals surface area contributed by atoms with E-state index >= 15 is 0 Å². The molecule has 2 saturated heterocycles. The van der Waals surface area contributed by atoms with Gasteiger partial charge < -0.3 is 14.2 Å². The van der Waals surface area contributed by atoms with Gasteiger partial charge in [-0.05, 0) is 40.0 Å². The molecule has 0 radical (unpaired) electrons. The minimum absolute atomic E-state index is 0.0180. The molecule has 132 valence electrons. The van der Waals surface area contributed by atoms with Crippen molar-refractivity contribution >= 4 is 11.9 Å². The number of ketones is 1.